The number of carbonyl (C=O) groups is 1. The summed E-state index contributed by atoms with van der Waals surface area (Å²) in [5.41, 5.74) is 2.71. The predicted molar refractivity (Wildman–Crippen MR) is 142 cm³/mol. The van der Waals surface area contributed by atoms with E-state index in [1.807, 2.05) is 30.3 Å². The lowest BCUT2D eigenvalue weighted by Gasteiger charge is -2.30. The van der Waals surface area contributed by atoms with Crippen LogP contribution < -0.4 is 21.2 Å². The number of hydrogen-bond donors (Lipinski definition) is 3. The number of aromatic nitrogens is 6. The number of fused-ring (bicyclic) bond motifs is 1. The number of imidazole rings is 1. The first-order chi connectivity index (χ1) is 18.7. The molecule has 13 heteroatoms. The fourth-order valence-corrected chi connectivity index (χ4v) is 4.98. The van der Waals surface area contributed by atoms with Crippen molar-refractivity contribution in [2.75, 3.05) is 69.2 Å². The highest BCUT2D eigenvalue weighted by Crippen LogP contribution is 2.25. The quantitative estimate of drug-likeness (QED) is 0.315. The minimum atomic E-state index is -0.461. The van der Waals surface area contributed by atoms with E-state index in [9.17, 15) is 9.59 Å². The number of morpholine rings is 1. The van der Waals surface area contributed by atoms with Crippen molar-refractivity contribution >= 4 is 28.3 Å². The second-order valence-electron chi connectivity index (χ2n) is 9.28. The van der Waals surface area contributed by atoms with Gasteiger partial charge in [0.25, 0.3) is 11.9 Å². The number of nitrogens with one attached hydrogen (secondary N) is 3. The summed E-state index contributed by atoms with van der Waals surface area (Å²) in [6.45, 7) is 7.77. The van der Waals surface area contributed by atoms with E-state index in [4.69, 9.17) is 4.74 Å². The smallest absolute Gasteiger partial charge is 0.336 e. The van der Waals surface area contributed by atoms with Crippen molar-refractivity contribution < 1.29 is 9.53 Å². The zero-order chi connectivity index (χ0) is 25.9. The molecule has 6 rings (SSSR count). The van der Waals surface area contributed by atoms with Gasteiger partial charge in [-0.2, -0.15) is 4.98 Å². The van der Waals surface area contributed by atoms with Gasteiger partial charge in [0.1, 0.15) is 0 Å². The number of piperazine rings is 1. The second kappa shape index (κ2) is 10.7. The van der Waals surface area contributed by atoms with E-state index < -0.39 is 5.91 Å². The Morgan fingerprint density at radius 3 is 2.63 bits per heavy atom. The SMILES string of the molecule is O=C(Nc1cnccc1N1CCNCC1)c1nc(-n2c(=O)n(CCN3CCOCC3)c3ccccc32)n[nH]1. The molecule has 3 N–H and O–H groups in total. The number of ether oxygens (including phenoxy) is 1. The van der Waals surface area contributed by atoms with Crippen LogP contribution in [0.25, 0.3) is 17.0 Å². The molecule has 13 nitrogen and oxygen atoms in total. The molecule has 2 saturated heterocycles. The number of carbonyl (C=O) groups excluding carboxylic acids is 1. The van der Waals surface area contributed by atoms with Gasteiger partial charge in [0, 0.05) is 58.6 Å². The average molecular weight is 519 g/mol. The molecule has 5 heterocycles. The van der Waals surface area contributed by atoms with Crippen molar-refractivity contribution in [2.45, 2.75) is 6.54 Å². The molecular weight excluding hydrogens is 488 g/mol. The topological polar surface area (TPSA) is 138 Å². The number of benzene rings is 1. The van der Waals surface area contributed by atoms with Crippen molar-refractivity contribution in [1.82, 2.24) is 39.5 Å². The van der Waals surface area contributed by atoms with Gasteiger partial charge >= 0.3 is 5.69 Å². The molecular formula is C25H30N10O3. The van der Waals surface area contributed by atoms with Crippen molar-refractivity contribution in [2.24, 2.45) is 0 Å². The van der Waals surface area contributed by atoms with Crippen LogP contribution in [0, 0.1) is 0 Å². The van der Waals surface area contributed by atoms with Crippen LogP contribution in [-0.4, -0.2) is 99.1 Å². The van der Waals surface area contributed by atoms with Gasteiger partial charge < -0.3 is 20.3 Å². The summed E-state index contributed by atoms with van der Waals surface area (Å²) in [5.74, 6) is -0.334. The minimum absolute atomic E-state index is 0.00663. The molecule has 0 aliphatic carbocycles. The van der Waals surface area contributed by atoms with Crippen LogP contribution in [0.4, 0.5) is 11.4 Å². The molecule has 0 spiro atoms. The third-order valence-electron chi connectivity index (χ3n) is 6.97. The first-order valence-corrected chi connectivity index (χ1v) is 12.8. The first-order valence-electron chi connectivity index (χ1n) is 12.8. The maximum absolute atomic E-state index is 13.5. The zero-order valence-corrected chi connectivity index (χ0v) is 21.0. The molecule has 198 valence electrons. The van der Waals surface area contributed by atoms with Gasteiger partial charge in [0.05, 0.1) is 41.8 Å². The molecule has 0 bridgehead atoms. The number of rotatable bonds is 7. The highest BCUT2D eigenvalue weighted by molar-refractivity contribution is 6.03. The monoisotopic (exact) mass is 518 g/mol. The van der Waals surface area contributed by atoms with Gasteiger partial charge in [-0.1, -0.05) is 12.1 Å². The normalized spacial score (nSPS) is 16.7. The van der Waals surface area contributed by atoms with Crippen molar-refractivity contribution in [3.8, 4) is 5.95 Å². The Morgan fingerprint density at radius 2 is 1.82 bits per heavy atom. The van der Waals surface area contributed by atoms with Crippen LogP contribution >= 0.6 is 0 Å². The molecule has 0 unspecified atom stereocenters. The fraction of sp³-hybridized carbons (Fsp3) is 0.400. The second-order valence-corrected chi connectivity index (χ2v) is 9.28. The van der Waals surface area contributed by atoms with Gasteiger partial charge in [-0.25, -0.2) is 9.36 Å². The van der Waals surface area contributed by atoms with Gasteiger partial charge in [0.2, 0.25) is 5.82 Å². The molecule has 1 aromatic carbocycles. The van der Waals surface area contributed by atoms with E-state index in [0.29, 0.717) is 31.0 Å². The number of nitrogens with zero attached hydrogens (tertiary/aromatic N) is 7. The molecule has 0 radical (unpaired) electrons. The minimum Gasteiger partial charge on any atom is -0.379 e. The Bertz CT molecular complexity index is 1480. The molecule has 2 aliphatic rings. The number of anilines is 2. The number of aromatic amines is 1. The van der Waals surface area contributed by atoms with E-state index in [0.717, 1.165) is 57.0 Å². The molecule has 38 heavy (non-hydrogen) atoms. The van der Waals surface area contributed by atoms with E-state index >= 15 is 0 Å². The molecule has 2 fully saturated rings. The molecule has 0 atom stereocenters. The number of pyridine rings is 1. The number of H-pyrrole nitrogens is 1. The summed E-state index contributed by atoms with van der Waals surface area (Å²) in [6.07, 6.45) is 3.33. The van der Waals surface area contributed by atoms with E-state index in [-0.39, 0.29) is 17.5 Å². The third-order valence-corrected chi connectivity index (χ3v) is 6.97. The molecule has 1 amide bonds. The number of hydrogen-bond acceptors (Lipinski definition) is 9. The Labute approximate surface area is 218 Å². The summed E-state index contributed by atoms with van der Waals surface area (Å²) in [6, 6.07) is 9.42. The van der Waals surface area contributed by atoms with Crippen LogP contribution in [0.3, 0.4) is 0 Å². The predicted octanol–water partition coefficient (Wildman–Crippen LogP) is 0.299. The van der Waals surface area contributed by atoms with Crippen LogP contribution in [0.2, 0.25) is 0 Å². The van der Waals surface area contributed by atoms with Gasteiger partial charge in [0.15, 0.2) is 0 Å². The van der Waals surface area contributed by atoms with Crippen LogP contribution in [0.15, 0.2) is 47.5 Å². The molecule has 2 aliphatic heterocycles. The molecule has 0 saturated carbocycles. The maximum atomic E-state index is 13.5. The highest BCUT2D eigenvalue weighted by Gasteiger charge is 2.22. The fourth-order valence-electron chi connectivity index (χ4n) is 4.98. The summed E-state index contributed by atoms with van der Waals surface area (Å²) in [7, 11) is 0. The number of para-hydroxylation sites is 2. The van der Waals surface area contributed by atoms with Crippen molar-refractivity contribution in [1.29, 1.82) is 0 Å². The van der Waals surface area contributed by atoms with E-state index in [1.54, 1.807) is 17.0 Å². The summed E-state index contributed by atoms with van der Waals surface area (Å²) >= 11 is 0. The Kier molecular flexibility index (Phi) is 6.86. The zero-order valence-electron chi connectivity index (χ0n) is 21.0. The summed E-state index contributed by atoms with van der Waals surface area (Å²) < 4.78 is 8.60. The van der Waals surface area contributed by atoms with E-state index in [1.165, 1.54) is 4.57 Å². The van der Waals surface area contributed by atoms with Crippen molar-refractivity contribution in [3.63, 3.8) is 0 Å². The van der Waals surface area contributed by atoms with Crippen LogP contribution in [0.1, 0.15) is 10.6 Å². The van der Waals surface area contributed by atoms with Gasteiger partial charge in [-0.15, -0.1) is 5.10 Å². The third kappa shape index (κ3) is 4.78. The van der Waals surface area contributed by atoms with Crippen molar-refractivity contribution in [3.05, 3.63) is 59.0 Å². The lowest BCUT2D eigenvalue weighted by Crippen LogP contribution is -2.43. The van der Waals surface area contributed by atoms with Crippen LogP contribution in [-0.2, 0) is 11.3 Å². The largest absolute Gasteiger partial charge is 0.379 e. The average Bonchev–Trinajstić information content (AvgIpc) is 3.55. The molecule has 3 aromatic heterocycles. The standard InChI is InChI=1S/C25H30N10O3/c36-23(28-18-17-27-6-5-19(18)33-9-7-26-8-10-33)22-29-24(31-30-22)35-21-4-2-1-3-20(21)34(25(35)37)12-11-32-13-15-38-16-14-32/h1-6,17,26H,7-16H2,(H,28,36)(H,29,30,31). The maximum Gasteiger partial charge on any atom is 0.336 e. The number of amides is 1. The highest BCUT2D eigenvalue weighted by atomic mass is 16.5. The van der Waals surface area contributed by atoms with Crippen LogP contribution in [0.5, 0.6) is 0 Å². The lowest BCUT2D eigenvalue weighted by molar-refractivity contribution is 0.0364. The summed E-state index contributed by atoms with van der Waals surface area (Å²) in [5, 5.41) is 13.2. The van der Waals surface area contributed by atoms with Gasteiger partial charge in [-0.3, -0.25) is 24.3 Å². The van der Waals surface area contributed by atoms with Gasteiger partial charge in [-0.05, 0) is 18.2 Å². The lowest BCUT2D eigenvalue weighted by atomic mass is 10.2. The first kappa shape index (κ1) is 24.3. The Morgan fingerprint density at radius 1 is 1.03 bits per heavy atom. The Balaban J connectivity index is 1.25. The molecule has 4 aromatic rings. The van der Waals surface area contributed by atoms with E-state index in [2.05, 4.69) is 40.6 Å². The summed E-state index contributed by atoms with van der Waals surface area (Å²) in [4.78, 5) is 39.7. The Hall–Kier alpha value is -4.07.